The summed E-state index contributed by atoms with van der Waals surface area (Å²) in [5, 5.41) is 3.98. The topological polar surface area (TPSA) is 68.5 Å². The predicted octanol–water partition coefficient (Wildman–Crippen LogP) is 2.14. The highest BCUT2D eigenvalue weighted by atomic mass is 16.5. The van der Waals surface area contributed by atoms with E-state index in [0.29, 0.717) is 24.9 Å². The number of aromatic nitrogens is 2. The van der Waals surface area contributed by atoms with Crippen LogP contribution in [0.3, 0.4) is 0 Å². The van der Waals surface area contributed by atoms with Crippen LogP contribution in [0.2, 0.25) is 0 Å². The average molecular weight is 283 g/mol. The lowest BCUT2D eigenvalue weighted by molar-refractivity contribution is -0.145. The summed E-state index contributed by atoms with van der Waals surface area (Å²) in [6.45, 7) is 13.0. The van der Waals surface area contributed by atoms with Crippen molar-refractivity contribution in [3.05, 3.63) is 11.7 Å². The van der Waals surface area contributed by atoms with Crippen LogP contribution in [0, 0.1) is 0 Å². The number of rotatable bonds is 6. The largest absolute Gasteiger partial charge is 0.465 e. The Bertz CT molecular complexity index is 435. The quantitative estimate of drug-likeness (QED) is 0.745. The Morgan fingerprint density at radius 2 is 2.05 bits per heavy atom. The maximum absolute atomic E-state index is 11.6. The molecule has 1 heterocycles. The minimum Gasteiger partial charge on any atom is -0.465 e. The maximum Gasteiger partial charge on any atom is 0.320 e. The first-order chi connectivity index (χ1) is 9.24. The normalized spacial score (nSPS) is 12.2. The SMILES string of the molecule is CCOC(=O)CN(Cc1noc(C(C)(C)C)n1)C(C)C. The zero-order chi connectivity index (χ0) is 15.3. The van der Waals surface area contributed by atoms with Gasteiger partial charge in [-0.05, 0) is 20.8 Å². The van der Waals surface area contributed by atoms with E-state index in [0.717, 1.165) is 0 Å². The molecule has 0 radical (unpaired) electrons. The van der Waals surface area contributed by atoms with Gasteiger partial charge in [0.2, 0.25) is 5.89 Å². The molecular weight excluding hydrogens is 258 g/mol. The number of carbonyl (C=O) groups excluding carboxylic acids is 1. The van der Waals surface area contributed by atoms with Crippen molar-refractivity contribution in [2.24, 2.45) is 0 Å². The van der Waals surface area contributed by atoms with Crippen LogP contribution in [-0.2, 0) is 21.5 Å². The molecule has 0 atom stereocenters. The van der Waals surface area contributed by atoms with E-state index in [4.69, 9.17) is 9.26 Å². The highest BCUT2D eigenvalue weighted by Gasteiger charge is 2.23. The lowest BCUT2D eigenvalue weighted by Gasteiger charge is -2.23. The predicted molar refractivity (Wildman–Crippen MR) is 75.2 cm³/mol. The molecular formula is C14H25N3O3. The van der Waals surface area contributed by atoms with E-state index in [1.807, 2.05) is 39.5 Å². The van der Waals surface area contributed by atoms with Crippen molar-refractivity contribution in [1.82, 2.24) is 15.0 Å². The molecule has 0 saturated carbocycles. The van der Waals surface area contributed by atoms with E-state index < -0.39 is 0 Å². The molecule has 1 aromatic heterocycles. The Balaban J connectivity index is 2.71. The smallest absolute Gasteiger partial charge is 0.320 e. The molecule has 0 aromatic carbocycles. The van der Waals surface area contributed by atoms with Crippen molar-refractivity contribution >= 4 is 5.97 Å². The molecule has 0 aliphatic carbocycles. The van der Waals surface area contributed by atoms with E-state index in [1.54, 1.807) is 6.92 Å². The first kappa shape index (κ1) is 16.6. The zero-order valence-electron chi connectivity index (χ0n) is 13.3. The fourth-order valence-corrected chi connectivity index (χ4v) is 1.60. The minimum atomic E-state index is -0.235. The number of esters is 1. The van der Waals surface area contributed by atoms with Crippen molar-refractivity contribution in [3.63, 3.8) is 0 Å². The number of carbonyl (C=O) groups is 1. The van der Waals surface area contributed by atoms with Crippen LogP contribution >= 0.6 is 0 Å². The Hall–Kier alpha value is -1.43. The van der Waals surface area contributed by atoms with Crippen LogP contribution in [0.1, 0.15) is 53.3 Å². The van der Waals surface area contributed by atoms with Gasteiger partial charge in [0.1, 0.15) is 0 Å². The van der Waals surface area contributed by atoms with E-state index in [-0.39, 0.29) is 24.0 Å². The third-order valence-electron chi connectivity index (χ3n) is 2.82. The van der Waals surface area contributed by atoms with E-state index in [9.17, 15) is 4.79 Å². The van der Waals surface area contributed by atoms with E-state index >= 15 is 0 Å². The molecule has 1 aromatic rings. The molecule has 20 heavy (non-hydrogen) atoms. The van der Waals surface area contributed by atoms with Gasteiger partial charge < -0.3 is 9.26 Å². The van der Waals surface area contributed by atoms with E-state index in [1.165, 1.54) is 0 Å². The molecule has 0 amide bonds. The zero-order valence-corrected chi connectivity index (χ0v) is 13.3. The number of hydrogen-bond donors (Lipinski definition) is 0. The van der Waals surface area contributed by atoms with Gasteiger partial charge in [0, 0.05) is 11.5 Å². The maximum atomic E-state index is 11.6. The molecule has 0 bridgehead atoms. The molecule has 114 valence electrons. The average Bonchev–Trinajstić information content (AvgIpc) is 2.76. The Morgan fingerprint density at radius 1 is 1.40 bits per heavy atom. The Morgan fingerprint density at radius 3 is 2.50 bits per heavy atom. The Labute approximate surface area is 120 Å². The molecule has 1 rings (SSSR count). The summed E-state index contributed by atoms with van der Waals surface area (Å²) < 4.78 is 10.2. The summed E-state index contributed by atoms with van der Waals surface area (Å²) in [6, 6.07) is 0.191. The molecule has 6 nitrogen and oxygen atoms in total. The number of ether oxygens (including phenoxy) is 1. The van der Waals surface area contributed by atoms with Gasteiger partial charge in [-0.25, -0.2) is 0 Å². The van der Waals surface area contributed by atoms with E-state index in [2.05, 4.69) is 10.1 Å². The first-order valence-electron chi connectivity index (χ1n) is 6.96. The van der Waals surface area contributed by atoms with Crippen LogP contribution in [0.25, 0.3) is 0 Å². The standard InChI is InChI=1S/C14H25N3O3/c1-7-19-12(18)9-17(10(2)3)8-11-15-13(20-16-11)14(4,5)6/h10H,7-9H2,1-6H3. The van der Waals surface area contributed by atoms with Gasteiger partial charge in [0.25, 0.3) is 0 Å². The molecule has 0 saturated heterocycles. The Kier molecular flexibility index (Phi) is 5.68. The third-order valence-corrected chi connectivity index (χ3v) is 2.82. The molecule has 6 heteroatoms. The monoisotopic (exact) mass is 283 g/mol. The van der Waals surface area contributed by atoms with Gasteiger partial charge in [0.05, 0.1) is 19.7 Å². The van der Waals surface area contributed by atoms with Crippen molar-refractivity contribution in [1.29, 1.82) is 0 Å². The lowest BCUT2D eigenvalue weighted by Crippen LogP contribution is -2.36. The fourth-order valence-electron chi connectivity index (χ4n) is 1.60. The van der Waals surface area contributed by atoms with Crippen LogP contribution in [0.15, 0.2) is 4.52 Å². The van der Waals surface area contributed by atoms with Gasteiger partial charge in [0.15, 0.2) is 5.82 Å². The van der Waals surface area contributed by atoms with Gasteiger partial charge in [-0.3, -0.25) is 9.69 Å². The van der Waals surface area contributed by atoms with Crippen molar-refractivity contribution in [2.45, 2.75) is 59.5 Å². The van der Waals surface area contributed by atoms with Crippen LogP contribution < -0.4 is 0 Å². The van der Waals surface area contributed by atoms with Crippen LogP contribution in [0.5, 0.6) is 0 Å². The molecule has 0 spiro atoms. The van der Waals surface area contributed by atoms with Crippen molar-refractivity contribution < 1.29 is 14.1 Å². The summed E-state index contributed by atoms with van der Waals surface area (Å²) in [4.78, 5) is 17.9. The van der Waals surface area contributed by atoms with Gasteiger partial charge in [-0.2, -0.15) is 4.98 Å². The van der Waals surface area contributed by atoms with Crippen LogP contribution in [0.4, 0.5) is 0 Å². The molecule has 0 unspecified atom stereocenters. The molecule has 0 N–H and O–H groups in total. The van der Waals surface area contributed by atoms with Gasteiger partial charge in [-0.1, -0.05) is 25.9 Å². The van der Waals surface area contributed by atoms with Gasteiger partial charge in [-0.15, -0.1) is 0 Å². The number of hydrogen-bond acceptors (Lipinski definition) is 6. The summed E-state index contributed by atoms with van der Waals surface area (Å²) >= 11 is 0. The second-order valence-electron chi connectivity index (χ2n) is 6.07. The third kappa shape index (κ3) is 4.92. The summed E-state index contributed by atoms with van der Waals surface area (Å²) in [5.74, 6) is 0.959. The highest BCUT2D eigenvalue weighted by Crippen LogP contribution is 2.20. The molecule has 0 aliphatic rings. The summed E-state index contributed by atoms with van der Waals surface area (Å²) in [7, 11) is 0. The minimum absolute atomic E-state index is 0.172. The first-order valence-corrected chi connectivity index (χ1v) is 6.96. The van der Waals surface area contributed by atoms with Crippen LogP contribution in [-0.4, -0.2) is 40.2 Å². The lowest BCUT2D eigenvalue weighted by atomic mass is 9.97. The fraction of sp³-hybridized carbons (Fsp3) is 0.786. The summed E-state index contributed by atoms with van der Waals surface area (Å²) in [6.07, 6.45) is 0. The van der Waals surface area contributed by atoms with Crippen molar-refractivity contribution in [2.75, 3.05) is 13.2 Å². The second-order valence-corrected chi connectivity index (χ2v) is 6.07. The highest BCUT2D eigenvalue weighted by molar-refractivity contribution is 5.71. The molecule has 0 aliphatic heterocycles. The van der Waals surface area contributed by atoms with Crippen molar-refractivity contribution in [3.8, 4) is 0 Å². The van der Waals surface area contributed by atoms with Gasteiger partial charge >= 0.3 is 5.97 Å². The molecule has 0 fully saturated rings. The number of nitrogens with zero attached hydrogens (tertiary/aromatic N) is 3. The second kappa shape index (κ2) is 6.83. The summed E-state index contributed by atoms with van der Waals surface area (Å²) in [5.41, 5.74) is -0.172.